The predicted octanol–water partition coefficient (Wildman–Crippen LogP) is 2.57. The molecule has 0 spiro atoms. The van der Waals surface area contributed by atoms with Crippen LogP contribution in [0.15, 0.2) is 53.4 Å². The van der Waals surface area contributed by atoms with Crippen molar-refractivity contribution >= 4 is 16.0 Å². The molecule has 2 aromatic rings. The highest BCUT2D eigenvalue weighted by Gasteiger charge is 2.35. The van der Waals surface area contributed by atoms with Crippen LogP contribution in [-0.2, 0) is 10.0 Å². The van der Waals surface area contributed by atoms with E-state index in [9.17, 15) is 18.3 Å². The number of benzene rings is 2. The van der Waals surface area contributed by atoms with Gasteiger partial charge in [0.2, 0.25) is 10.0 Å². The third kappa shape index (κ3) is 3.25. The van der Waals surface area contributed by atoms with E-state index < -0.39 is 16.0 Å². The highest BCUT2D eigenvalue weighted by Crippen LogP contribution is 2.35. The fourth-order valence-electron chi connectivity index (χ4n) is 3.22. The molecule has 0 aliphatic carbocycles. The van der Waals surface area contributed by atoms with Crippen LogP contribution in [0.4, 0.5) is 0 Å². The Kier molecular flexibility index (Phi) is 4.78. The minimum atomic E-state index is -3.69. The zero-order chi connectivity index (χ0) is 18.0. The fraction of sp³-hybridized carbons (Fsp3) is 0.278. The van der Waals surface area contributed by atoms with Crippen molar-refractivity contribution in [1.82, 2.24) is 4.31 Å². The van der Waals surface area contributed by atoms with Gasteiger partial charge in [0.15, 0.2) is 0 Å². The molecule has 25 heavy (non-hydrogen) atoms. The SMILES string of the molecule is COc1ccccc1S(=O)(=O)N1CCC(c2ccccc2C(=O)O)C1. The number of sulfonamides is 1. The first-order valence-electron chi connectivity index (χ1n) is 7.90. The second kappa shape index (κ2) is 6.85. The van der Waals surface area contributed by atoms with Gasteiger partial charge in [0.05, 0.1) is 12.7 Å². The van der Waals surface area contributed by atoms with E-state index in [0.29, 0.717) is 24.3 Å². The van der Waals surface area contributed by atoms with E-state index in [1.54, 1.807) is 42.5 Å². The lowest BCUT2D eigenvalue weighted by atomic mass is 9.93. The predicted molar refractivity (Wildman–Crippen MR) is 92.5 cm³/mol. The van der Waals surface area contributed by atoms with Gasteiger partial charge in [0, 0.05) is 13.1 Å². The average Bonchev–Trinajstić information content (AvgIpc) is 3.12. The van der Waals surface area contributed by atoms with E-state index in [-0.39, 0.29) is 22.9 Å². The summed E-state index contributed by atoms with van der Waals surface area (Å²) >= 11 is 0. The Morgan fingerprint density at radius 1 is 1.16 bits per heavy atom. The Morgan fingerprint density at radius 2 is 1.84 bits per heavy atom. The van der Waals surface area contributed by atoms with Gasteiger partial charge in [-0.05, 0) is 36.1 Å². The molecule has 0 bridgehead atoms. The van der Waals surface area contributed by atoms with Crippen molar-refractivity contribution < 1.29 is 23.1 Å². The zero-order valence-electron chi connectivity index (χ0n) is 13.8. The lowest BCUT2D eigenvalue weighted by Crippen LogP contribution is -2.29. The van der Waals surface area contributed by atoms with Crippen molar-refractivity contribution in [2.24, 2.45) is 0 Å². The number of para-hydroxylation sites is 1. The number of carbonyl (C=O) groups is 1. The second-order valence-electron chi connectivity index (χ2n) is 5.89. The molecule has 0 aromatic heterocycles. The highest BCUT2D eigenvalue weighted by atomic mass is 32.2. The number of carboxylic acid groups (broad SMARTS) is 1. The van der Waals surface area contributed by atoms with Crippen LogP contribution in [0.2, 0.25) is 0 Å². The first-order chi connectivity index (χ1) is 11.9. The summed E-state index contributed by atoms with van der Waals surface area (Å²) in [6.07, 6.45) is 0.582. The molecule has 6 nitrogen and oxygen atoms in total. The van der Waals surface area contributed by atoms with E-state index in [1.165, 1.54) is 17.5 Å². The fourth-order valence-corrected chi connectivity index (χ4v) is 4.88. The van der Waals surface area contributed by atoms with Gasteiger partial charge in [0.1, 0.15) is 10.6 Å². The molecular formula is C18H19NO5S. The largest absolute Gasteiger partial charge is 0.495 e. The smallest absolute Gasteiger partial charge is 0.335 e. The van der Waals surface area contributed by atoms with E-state index in [2.05, 4.69) is 0 Å². The van der Waals surface area contributed by atoms with Crippen molar-refractivity contribution in [3.8, 4) is 5.75 Å². The number of methoxy groups -OCH3 is 1. The molecule has 0 amide bonds. The molecule has 1 N–H and O–H groups in total. The summed E-state index contributed by atoms with van der Waals surface area (Å²) in [5.41, 5.74) is 0.900. The van der Waals surface area contributed by atoms with Gasteiger partial charge in [0.25, 0.3) is 0 Å². The normalized spacial score (nSPS) is 18.2. The minimum absolute atomic E-state index is 0.129. The van der Waals surface area contributed by atoms with Crippen LogP contribution in [0.25, 0.3) is 0 Å². The van der Waals surface area contributed by atoms with E-state index in [0.717, 1.165) is 0 Å². The number of hydrogen-bond donors (Lipinski definition) is 1. The van der Waals surface area contributed by atoms with Crippen LogP contribution in [-0.4, -0.2) is 44.0 Å². The van der Waals surface area contributed by atoms with E-state index >= 15 is 0 Å². The molecule has 7 heteroatoms. The topological polar surface area (TPSA) is 83.9 Å². The Labute approximate surface area is 146 Å². The van der Waals surface area contributed by atoms with Gasteiger partial charge in [-0.3, -0.25) is 0 Å². The molecule has 0 radical (unpaired) electrons. The third-order valence-electron chi connectivity index (χ3n) is 4.47. The number of ether oxygens (including phenoxy) is 1. The minimum Gasteiger partial charge on any atom is -0.495 e. The van der Waals surface area contributed by atoms with Crippen LogP contribution >= 0.6 is 0 Å². The van der Waals surface area contributed by atoms with E-state index in [1.807, 2.05) is 0 Å². The third-order valence-corrected chi connectivity index (χ3v) is 6.37. The van der Waals surface area contributed by atoms with Crippen molar-refractivity contribution in [2.75, 3.05) is 20.2 Å². The maximum absolute atomic E-state index is 12.9. The maximum atomic E-state index is 12.9. The van der Waals surface area contributed by atoms with Gasteiger partial charge in [-0.1, -0.05) is 30.3 Å². The average molecular weight is 361 g/mol. The highest BCUT2D eigenvalue weighted by molar-refractivity contribution is 7.89. The van der Waals surface area contributed by atoms with Gasteiger partial charge >= 0.3 is 5.97 Å². The summed E-state index contributed by atoms with van der Waals surface area (Å²) in [7, 11) is -2.26. The first kappa shape index (κ1) is 17.4. The number of hydrogen-bond acceptors (Lipinski definition) is 4. The number of nitrogens with zero attached hydrogens (tertiary/aromatic N) is 1. The lowest BCUT2D eigenvalue weighted by Gasteiger charge is -2.19. The van der Waals surface area contributed by atoms with Gasteiger partial charge in [-0.2, -0.15) is 4.31 Å². The van der Waals surface area contributed by atoms with Crippen molar-refractivity contribution in [3.63, 3.8) is 0 Å². The van der Waals surface area contributed by atoms with Gasteiger partial charge in [-0.15, -0.1) is 0 Å². The van der Waals surface area contributed by atoms with Crippen LogP contribution in [0.1, 0.15) is 28.3 Å². The van der Waals surface area contributed by atoms with Crippen LogP contribution in [0, 0.1) is 0 Å². The number of carboxylic acids is 1. The number of rotatable bonds is 5. The summed E-state index contributed by atoms with van der Waals surface area (Å²) < 4.78 is 32.4. The second-order valence-corrected chi connectivity index (χ2v) is 7.80. The Hall–Kier alpha value is -2.38. The summed E-state index contributed by atoms with van der Waals surface area (Å²) in [5.74, 6) is -0.838. The zero-order valence-corrected chi connectivity index (χ0v) is 14.6. The molecule has 1 fully saturated rings. The summed E-state index contributed by atoms with van der Waals surface area (Å²) in [6.45, 7) is 0.601. The van der Waals surface area contributed by atoms with Crippen LogP contribution in [0.5, 0.6) is 5.75 Å². The molecule has 1 aliphatic heterocycles. The monoisotopic (exact) mass is 361 g/mol. The summed E-state index contributed by atoms with van der Waals surface area (Å²) in [6, 6.07) is 13.3. The summed E-state index contributed by atoms with van der Waals surface area (Å²) in [4.78, 5) is 11.5. The van der Waals surface area contributed by atoms with E-state index in [4.69, 9.17) is 4.74 Å². The molecular weight excluding hydrogens is 342 g/mol. The Balaban J connectivity index is 1.89. The Bertz CT molecular complexity index is 894. The maximum Gasteiger partial charge on any atom is 0.335 e. The lowest BCUT2D eigenvalue weighted by molar-refractivity contribution is 0.0695. The standard InChI is InChI=1S/C18H19NO5S/c1-24-16-8-4-5-9-17(16)25(22,23)19-11-10-13(12-19)14-6-2-3-7-15(14)18(20)21/h2-9,13H,10-12H2,1H3,(H,20,21). The van der Waals surface area contributed by atoms with Crippen LogP contribution < -0.4 is 4.74 Å². The quantitative estimate of drug-likeness (QED) is 0.885. The molecule has 1 saturated heterocycles. The molecule has 132 valence electrons. The van der Waals surface area contributed by atoms with Crippen molar-refractivity contribution in [1.29, 1.82) is 0 Å². The molecule has 1 atom stereocenters. The molecule has 1 unspecified atom stereocenters. The first-order valence-corrected chi connectivity index (χ1v) is 9.34. The van der Waals surface area contributed by atoms with Gasteiger partial charge < -0.3 is 9.84 Å². The molecule has 1 aliphatic rings. The molecule has 0 saturated carbocycles. The Morgan fingerprint density at radius 3 is 2.56 bits per heavy atom. The van der Waals surface area contributed by atoms with Crippen molar-refractivity contribution in [2.45, 2.75) is 17.2 Å². The van der Waals surface area contributed by atoms with Gasteiger partial charge in [-0.25, -0.2) is 13.2 Å². The molecule has 1 heterocycles. The molecule has 2 aromatic carbocycles. The van der Waals surface area contributed by atoms with Crippen LogP contribution in [0.3, 0.4) is 0 Å². The summed E-state index contributed by atoms with van der Waals surface area (Å²) in [5, 5.41) is 9.35. The number of aromatic carboxylic acids is 1. The molecule has 3 rings (SSSR count). The van der Waals surface area contributed by atoms with Crippen molar-refractivity contribution in [3.05, 3.63) is 59.7 Å².